The molecule has 2 aromatic heterocycles. The van der Waals surface area contributed by atoms with Gasteiger partial charge < -0.3 is 19.3 Å². The highest BCUT2D eigenvalue weighted by atomic mass is 32.2. The topological polar surface area (TPSA) is 95.2 Å². The molecule has 24 heavy (non-hydrogen) atoms. The highest BCUT2D eigenvalue weighted by Gasteiger charge is 2.21. The van der Waals surface area contributed by atoms with Gasteiger partial charge in [0.25, 0.3) is 0 Å². The lowest BCUT2D eigenvalue weighted by molar-refractivity contribution is 0.177. The van der Waals surface area contributed by atoms with Crippen LogP contribution in [0.3, 0.4) is 0 Å². The maximum Gasteiger partial charge on any atom is 0.246 e. The van der Waals surface area contributed by atoms with Gasteiger partial charge in [-0.1, -0.05) is 5.16 Å². The first-order chi connectivity index (χ1) is 11.8. The second-order valence-electron chi connectivity index (χ2n) is 5.48. The summed E-state index contributed by atoms with van der Waals surface area (Å²) in [6.07, 6.45) is 2.98. The molecule has 0 radical (unpaired) electrons. The molecule has 1 atom stereocenters. The lowest BCUT2D eigenvalue weighted by atomic mass is 10.0. The Morgan fingerprint density at radius 1 is 1.33 bits per heavy atom. The first-order valence-corrected chi connectivity index (χ1v) is 9.16. The van der Waals surface area contributed by atoms with Crippen LogP contribution in [0.5, 0.6) is 0 Å². The number of methoxy groups -OCH3 is 1. The number of ether oxygens (including phenoxy) is 2. The molecule has 0 amide bonds. The SMILES string of the molecule is COCc1nc(NCc2nc(CSC)no2)cc(C2CCOC2)n1. The van der Waals surface area contributed by atoms with Crippen molar-refractivity contribution in [2.75, 3.05) is 31.9 Å². The maximum atomic E-state index is 5.46. The Morgan fingerprint density at radius 2 is 2.25 bits per heavy atom. The molecule has 1 aliphatic rings. The molecule has 1 fully saturated rings. The van der Waals surface area contributed by atoms with E-state index in [-0.39, 0.29) is 0 Å². The van der Waals surface area contributed by atoms with Gasteiger partial charge in [-0.2, -0.15) is 16.7 Å². The summed E-state index contributed by atoms with van der Waals surface area (Å²) in [5.74, 6) is 3.66. The van der Waals surface area contributed by atoms with Crippen LogP contribution in [0.2, 0.25) is 0 Å². The van der Waals surface area contributed by atoms with Gasteiger partial charge >= 0.3 is 0 Å². The second kappa shape index (κ2) is 8.41. The smallest absolute Gasteiger partial charge is 0.246 e. The standard InChI is InChI=1S/C15H21N5O3S/c1-21-8-13-17-11(10-3-4-22-7-10)5-12(18-13)16-6-15-19-14(9-24-2)20-23-15/h5,10H,3-4,6-9H2,1-2H3,(H,16,17,18). The molecule has 0 aliphatic carbocycles. The maximum absolute atomic E-state index is 5.46. The van der Waals surface area contributed by atoms with Crippen molar-refractivity contribution in [2.45, 2.75) is 31.2 Å². The van der Waals surface area contributed by atoms with Crippen LogP contribution in [0, 0.1) is 0 Å². The van der Waals surface area contributed by atoms with E-state index in [1.165, 1.54) is 0 Å². The predicted molar refractivity (Wildman–Crippen MR) is 89.8 cm³/mol. The van der Waals surface area contributed by atoms with Crippen LogP contribution in [0.4, 0.5) is 5.82 Å². The zero-order chi connectivity index (χ0) is 16.8. The van der Waals surface area contributed by atoms with Gasteiger partial charge in [-0.3, -0.25) is 0 Å². The molecule has 0 aromatic carbocycles. The van der Waals surface area contributed by atoms with E-state index < -0.39 is 0 Å². The van der Waals surface area contributed by atoms with Crippen LogP contribution < -0.4 is 5.32 Å². The van der Waals surface area contributed by atoms with Crippen LogP contribution in [0.1, 0.15) is 35.6 Å². The highest BCUT2D eigenvalue weighted by molar-refractivity contribution is 7.97. The third kappa shape index (κ3) is 4.43. The third-order valence-corrected chi connectivity index (χ3v) is 4.16. The Balaban J connectivity index is 1.70. The quantitative estimate of drug-likeness (QED) is 0.766. The number of hydrogen-bond donors (Lipinski definition) is 1. The van der Waals surface area contributed by atoms with E-state index in [0.717, 1.165) is 30.3 Å². The minimum atomic E-state index is 0.306. The summed E-state index contributed by atoms with van der Waals surface area (Å²) in [7, 11) is 1.63. The summed E-state index contributed by atoms with van der Waals surface area (Å²) >= 11 is 1.65. The van der Waals surface area contributed by atoms with Crippen molar-refractivity contribution >= 4 is 17.6 Å². The molecular formula is C15H21N5O3S. The van der Waals surface area contributed by atoms with Crippen molar-refractivity contribution in [1.82, 2.24) is 20.1 Å². The fourth-order valence-electron chi connectivity index (χ4n) is 2.49. The van der Waals surface area contributed by atoms with E-state index in [0.29, 0.717) is 43.2 Å². The number of thioether (sulfide) groups is 1. The summed E-state index contributed by atoms with van der Waals surface area (Å²) in [6.45, 7) is 2.27. The average Bonchev–Trinajstić information content (AvgIpc) is 3.25. The molecule has 2 aromatic rings. The molecule has 1 saturated heterocycles. The molecular weight excluding hydrogens is 330 g/mol. The lowest BCUT2D eigenvalue weighted by Gasteiger charge is -2.12. The van der Waals surface area contributed by atoms with Crippen molar-refractivity contribution < 1.29 is 14.0 Å². The Kier molecular flexibility index (Phi) is 6.00. The van der Waals surface area contributed by atoms with Gasteiger partial charge in [0.1, 0.15) is 12.4 Å². The fraction of sp³-hybridized carbons (Fsp3) is 0.600. The minimum absolute atomic E-state index is 0.306. The first-order valence-electron chi connectivity index (χ1n) is 7.77. The number of hydrogen-bond acceptors (Lipinski definition) is 9. The van der Waals surface area contributed by atoms with Crippen LogP contribution in [-0.4, -0.2) is 46.7 Å². The van der Waals surface area contributed by atoms with Gasteiger partial charge in [0, 0.05) is 25.7 Å². The van der Waals surface area contributed by atoms with Gasteiger partial charge in [-0.15, -0.1) is 0 Å². The van der Waals surface area contributed by atoms with Crippen molar-refractivity contribution in [3.8, 4) is 0 Å². The average molecular weight is 351 g/mol. The van der Waals surface area contributed by atoms with Gasteiger partial charge in [-0.25, -0.2) is 9.97 Å². The lowest BCUT2D eigenvalue weighted by Crippen LogP contribution is -2.10. The molecule has 0 saturated carbocycles. The normalized spacial score (nSPS) is 17.3. The van der Waals surface area contributed by atoms with Crippen LogP contribution in [-0.2, 0) is 28.4 Å². The molecule has 3 heterocycles. The van der Waals surface area contributed by atoms with Gasteiger partial charge in [-0.05, 0) is 12.7 Å². The highest BCUT2D eigenvalue weighted by Crippen LogP contribution is 2.25. The minimum Gasteiger partial charge on any atom is -0.381 e. The van der Waals surface area contributed by atoms with Crippen molar-refractivity contribution in [3.05, 3.63) is 29.3 Å². The molecule has 1 aliphatic heterocycles. The molecule has 1 unspecified atom stereocenters. The Morgan fingerprint density at radius 3 is 3.00 bits per heavy atom. The fourth-order valence-corrected chi connectivity index (χ4v) is 2.87. The number of nitrogens with zero attached hydrogens (tertiary/aromatic N) is 4. The molecule has 3 rings (SSSR count). The predicted octanol–water partition coefficient (Wildman–Crippen LogP) is 1.98. The number of rotatable bonds is 8. The van der Waals surface area contributed by atoms with Crippen LogP contribution in [0.15, 0.2) is 10.6 Å². The van der Waals surface area contributed by atoms with E-state index >= 15 is 0 Å². The van der Waals surface area contributed by atoms with E-state index in [2.05, 4.69) is 25.4 Å². The molecule has 130 valence electrons. The van der Waals surface area contributed by atoms with Crippen LogP contribution >= 0.6 is 11.8 Å². The number of anilines is 1. The number of aromatic nitrogens is 4. The van der Waals surface area contributed by atoms with E-state index in [1.807, 2.05) is 12.3 Å². The molecule has 9 heteroatoms. The van der Waals surface area contributed by atoms with Crippen molar-refractivity contribution in [2.24, 2.45) is 0 Å². The van der Waals surface area contributed by atoms with E-state index in [1.54, 1.807) is 18.9 Å². The van der Waals surface area contributed by atoms with Crippen LogP contribution in [0.25, 0.3) is 0 Å². The summed E-state index contributed by atoms with van der Waals surface area (Å²) in [4.78, 5) is 13.4. The largest absolute Gasteiger partial charge is 0.381 e. The van der Waals surface area contributed by atoms with Gasteiger partial charge in [0.05, 0.1) is 24.6 Å². The third-order valence-electron chi connectivity index (χ3n) is 3.62. The van der Waals surface area contributed by atoms with E-state index in [4.69, 9.17) is 14.0 Å². The monoisotopic (exact) mass is 351 g/mol. The molecule has 8 nitrogen and oxygen atoms in total. The Hall–Kier alpha value is -1.71. The van der Waals surface area contributed by atoms with E-state index in [9.17, 15) is 0 Å². The second-order valence-corrected chi connectivity index (χ2v) is 6.34. The summed E-state index contributed by atoms with van der Waals surface area (Å²) in [6, 6.07) is 1.96. The van der Waals surface area contributed by atoms with Gasteiger partial charge in [0.15, 0.2) is 11.6 Å². The van der Waals surface area contributed by atoms with Crippen molar-refractivity contribution in [1.29, 1.82) is 0 Å². The zero-order valence-corrected chi connectivity index (χ0v) is 14.6. The van der Waals surface area contributed by atoms with Gasteiger partial charge in [0.2, 0.25) is 5.89 Å². The molecule has 1 N–H and O–H groups in total. The zero-order valence-electron chi connectivity index (χ0n) is 13.8. The summed E-state index contributed by atoms with van der Waals surface area (Å²) in [5, 5.41) is 7.16. The number of nitrogens with one attached hydrogen (secondary N) is 1. The molecule has 0 bridgehead atoms. The Labute approximate surface area is 144 Å². The van der Waals surface area contributed by atoms with Crippen molar-refractivity contribution in [3.63, 3.8) is 0 Å². The first kappa shape index (κ1) is 17.1. The molecule has 0 spiro atoms. The Bertz CT molecular complexity index is 660. The summed E-state index contributed by atoms with van der Waals surface area (Å²) in [5.41, 5.74) is 0.977. The summed E-state index contributed by atoms with van der Waals surface area (Å²) < 4.78 is 15.8.